The zero-order valence-electron chi connectivity index (χ0n) is 12.9. The van der Waals surface area contributed by atoms with Gasteiger partial charge in [0, 0.05) is 24.5 Å². The number of morpholine rings is 1. The summed E-state index contributed by atoms with van der Waals surface area (Å²) < 4.78 is 5.45. The van der Waals surface area contributed by atoms with E-state index >= 15 is 0 Å². The van der Waals surface area contributed by atoms with Crippen molar-refractivity contribution in [1.82, 2.24) is 15.5 Å². The first-order valence-electron chi connectivity index (χ1n) is 8.21. The molecule has 0 saturated carbocycles. The monoisotopic (exact) mass is 323 g/mol. The van der Waals surface area contributed by atoms with E-state index in [9.17, 15) is 4.79 Å². The molecule has 2 aliphatic heterocycles. The molecule has 2 aliphatic rings. The molecule has 2 atom stereocenters. The first-order chi connectivity index (χ1) is 10.8. The molecule has 0 spiro atoms. The van der Waals surface area contributed by atoms with E-state index in [4.69, 9.17) is 4.74 Å². The SMILES string of the molecule is O=C(NCC(c1cccs1)N1CCOCC1)[C@H]1CCCCN1. The van der Waals surface area contributed by atoms with E-state index in [0.717, 1.165) is 45.7 Å². The maximum absolute atomic E-state index is 12.3. The highest BCUT2D eigenvalue weighted by Crippen LogP contribution is 2.25. The Hall–Kier alpha value is -0.950. The normalized spacial score (nSPS) is 24.8. The number of hydrogen-bond acceptors (Lipinski definition) is 5. The van der Waals surface area contributed by atoms with Crippen LogP contribution < -0.4 is 10.6 Å². The predicted octanol–water partition coefficient (Wildman–Crippen LogP) is 1.38. The van der Waals surface area contributed by atoms with Crippen LogP contribution in [0.3, 0.4) is 0 Å². The summed E-state index contributed by atoms with van der Waals surface area (Å²) in [6.07, 6.45) is 3.27. The molecule has 3 rings (SSSR count). The van der Waals surface area contributed by atoms with Crippen LogP contribution in [0.25, 0.3) is 0 Å². The van der Waals surface area contributed by atoms with Gasteiger partial charge >= 0.3 is 0 Å². The van der Waals surface area contributed by atoms with Crippen molar-refractivity contribution in [1.29, 1.82) is 0 Å². The number of piperidine rings is 1. The molecule has 0 bridgehead atoms. The van der Waals surface area contributed by atoms with E-state index in [1.165, 1.54) is 11.3 Å². The zero-order valence-corrected chi connectivity index (χ0v) is 13.7. The van der Waals surface area contributed by atoms with Gasteiger partial charge in [0.05, 0.1) is 25.3 Å². The number of nitrogens with one attached hydrogen (secondary N) is 2. The molecule has 1 amide bonds. The van der Waals surface area contributed by atoms with Crippen LogP contribution in [-0.4, -0.2) is 56.2 Å². The summed E-state index contributed by atoms with van der Waals surface area (Å²) in [5.74, 6) is 0.148. The fourth-order valence-corrected chi connectivity index (χ4v) is 4.04. The van der Waals surface area contributed by atoms with Crippen molar-refractivity contribution in [3.05, 3.63) is 22.4 Å². The predicted molar refractivity (Wildman–Crippen MR) is 88.1 cm³/mol. The van der Waals surface area contributed by atoms with Gasteiger partial charge in [-0.05, 0) is 30.8 Å². The second kappa shape index (κ2) is 8.06. The highest BCUT2D eigenvalue weighted by Gasteiger charge is 2.26. The highest BCUT2D eigenvalue weighted by molar-refractivity contribution is 7.10. The van der Waals surface area contributed by atoms with Crippen LogP contribution in [0, 0.1) is 0 Å². The Labute approximate surface area is 136 Å². The van der Waals surface area contributed by atoms with Crippen LogP contribution in [0.15, 0.2) is 17.5 Å². The number of rotatable bonds is 5. The first-order valence-corrected chi connectivity index (χ1v) is 9.09. The fourth-order valence-electron chi connectivity index (χ4n) is 3.18. The van der Waals surface area contributed by atoms with Crippen LogP contribution >= 0.6 is 11.3 Å². The fraction of sp³-hybridized carbons (Fsp3) is 0.688. The third kappa shape index (κ3) is 4.07. The number of carbonyl (C=O) groups excluding carboxylic acids is 1. The van der Waals surface area contributed by atoms with E-state index in [-0.39, 0.29) is 18.0 Å². The van der Waals surface area contributed by atoms with Crippen molar-refractivity contribution in [3.8, 4) is 0 Å². The van der Waals surface area contributed by atoms with Gasteiger partial charge in [-0.2, -0.15) is 0 Å². The van der Waals surface area contributed by atoms with E-state index in [1.807, 2.05) is 0 Å². The lowest BCUT2D eigenvalue weighted by atomic mass is 10.0. The summed E-state index contributed by atoms with van der Waals surface area (Å²) in [7, 11) is 0. The van der Waals surface area contributed by atoms with E-state index in [2.05, 4.69) is 33.0 Å². The molecule has 2 fully saturated rings. The largest absolute Gasteiger partial charge is 0.379 e. The standard InChI is InChI=1S/C16H25N3O2S/c20-16(13-4-1-2-6-17-13)18-12-14(15-5-3-11-22-15)19-7-9-21-10-8-19/h3,5,11,13-14,17H,1-2,4,6-10,12H2,(H,18,20)/t13-,14?/m1/s1. The van der Waals surface area contributed by atoms with Crippen molar-refractivity contribution < 1.29 is 9.53 Å². The van der Waals surface area contributed by atoms with Gasteiger partial charge in [-0.25, -0.2) is 0 Å². The van der Waals surface area contributed by atoms with Gasteiger partial charge in [-0.3, -0.25) is 9.69 Å². The first kappa shape index (κ1) is 15.9. The second-order valence-corrected chi connectivity index (χ2v) is 6.91. The van der Waals surface area contributed by atoms with E-state index < -0.39 is 0 Å². The molecule has 2 saturated heterocycles. The number of ether oxygens (including phenoxy) is 1. The summed E-state index contributed by atoms with van der Waals surface area (Å²) in [6, 6.07) is 4.49. The van der Waals surface area contributed by atoms with E-state index in [1.54, 1.807) is 11.3 Å². The Balaban J connectivity index is 1.58. The van der Waals surface area contributed by atoms with Gasteiger partial charge in [0.15, 0.2) is 0 Å². The molecule has 5 nitrogen and oxygen atoms in total. The lowest BCUT2D eigenvalue weighted by Gasteiger charge is -2.34. The average molecular weight is 323 g/mol. The van der Waals surface area contributed by atoms with Gasteiger partial charge in [0.25, 0.3) is 0 Å². The average Bonchev–Trinajstić information content (AvgIpc) is 3.11. The summed E-state index contributed by atoms with van der Waals surface area (Å²) in [5.41, 5.74) is 0. The van der Waals surface area contributed by atoms with Crippen molar-refractivity contribution in [2.75, 3.05) is 39.4 Å². The smallest absolute Gasteiger partial charge is 0.237 e. The number of thiophene rings is 1. The molecular weight excluding hydrogens is 298 g/mol. The molecule has 2 N–H and O–H groups in total. The molecule has 3 heterocycles. The third-order valence-electron chi connectivity index (χ3n) is 4.45. The Morgan fingerprint density at radius 1 is 1.45 bits per heavy atom. The topological polar surface area (TPSA) is 53.6 Å². The molecular formula is C16H25N3O2S. The number of hydrogen-bond donors (Lipinski definition) is 2. The maximum atomic E-state index is 12.3. The number of carbonyl (C=O) groups is 1. The molecule has 1 aromatic rings. The van der Waals surface area contributed by atoms with Crippen LogP contribution in [-0.2, 0) is 9.53 Å². The quantitative estimate of drug-likeness (QED) is 0.860. The minimum Gasteiger partial charge on any atom is -0.379 e. The Morgan fingerprint density at radius 3 is 3.00 bits per heavy atom. The highest BCUT2D eigenvalue weighted by atomic mass is 32.1. The van der Waals surface area contributed by atoms with Crippen LogP contribution in [0.2, 0.25) is 0 Å². The molecule has 6 heteroatoms. The molecule has 0 radical (unpaired) electrons. The molecule has 1 unspecified atom stereocenters. The Morgan fingerprint density at radius 2 is 2.32 bits per heavy atom. The van der Waals surface area contributed by atoms with Crippen molar-refractivity contribution in [2.45, 2.75) is 31.3 Å². The molecule has 122 valence electrons. The summed E-state index contributed by atoms with van der Waals surface area (Å²) >= 11 is 1.76. The number of nitrogens with zero attached hydrogens (tertiary/aromatic N) is 1. The lowest BCUT2D eigenvalue weighted by Crippen LogP contribution is -2.49. The van der Waals surface area contributed by atoms with Crippen molar-refractivity contribution >= 4 is 17.2 Å². The van der Waals surface area contributed by atoms with Crippen molar-refractivity contribution in [3.63, 3.8) is 0 Å². The number of amides is 1. The van der Waals surface area contributed by atoms with Crippen molar-refractivity contribution in [2.24, 2.45) is 0 Å². The van der Waals surface area contributed by atoms with E-state index in [0.29, 0.717) is 6.54 Å². The second-order valence-electron chi connectivity index (χ2n) is 5.93. The van der Waals surface area contributed by atoms with Gasteiger partial charge < -0.3 is 15.4 Å². The minimum absolute atomic E-state index is 0.0116. The molecule has 0 aromatic carbocycles. The zero-order chi connectivity index (χ0) is 15.2. The third-order valence-corrected chi connectivity index (χ3v) is 5.43. The Bertz CT molecular complexity index is 454. The minimum atomic E-state index is -0.0116. The summed E-state index contributed by atoms with van der Waals surface area (Å²) in [6.45, 7) is 5.05. The molecule has 22 heavy (non-hydrogen) atoms. The Kier molecular flexibility index (Phi) is 5.83. The molecule has 1 aromatic heterocycles. The maximum Gasteiger partial charge on any atom is 0.237 e. The van der Waals surface area contributed by atoms with Gasteiger partial charge in [0.1, 0.15) is 0 Å². The van der Waals surface area contributed by atoms with Crippen LogP contribution in [0.5, 0.6) is 0 Å². The van der Waals surface area contributed by atoms with Crippen LogP contribution in [0.1, 0.15) is 30.2 Å². The summed E-state index contributed by atoms with van der Waals surface area (Å²) in [4.78, 5) is 16.1. The van der Waals surface area contributed by atoms with Gasteiger partial charge in [0.2, 0.25) is 5.91 Å². The van der Waals surface area contributed by atoms with Gasteiger partial charge in [-0.1, -0.05) is 12.5 Å². The van der Waals surface area contributed by atoms with Gasteiger partial charge in [-0.15, -0.1) is 11.3 Å². The summed E-state index contributed by atoms with van der Waals surface area (Å²) in [5, 5.41) is 8.58. The molecule has 0 aliphatic carbocycles. The lowest BCUT2D eigenvalue weighted by molar-refractivity contribution is -0.124. The van der Waals surface area contributed by atoms with Crippen LogP contribution in [0.4, 0.5) is 0 Å².